The Morgan fingerprint density at radius 2 is 1.95 bits per heavy atom. The number of urea groups is 1. The van der Waals surface area contributed by atoms with Crippen LogP contribution in [-0.2, 0) is 5.54 Å². The number of carbonyl (C=O) groups is 1. The maximum Gasteiger partial charge on any atom is 0.318 e. The molecule has 0 radical (unpaired) electrons. The Bertz CT molecular complexity index is 479. The number of amides is 2. The molecule has 1 aliphatic heterocycles. The summed E-state index contributed by atoms with van der Waals surface area (Å²) in [6, 6.07) is 7.91. The lowest BCUT2D eigenvalue weighted by molar-refractivity contribution is 0.181. The summed E-state index contributed by atoms with van der Waals surface area (Å²) in [7, 11) is 0. The summed E-state index contributed by atoms with van der Waals surface area (Å²) in [5.41, 5.74) is 0.963. The van der Waals surface area contributed by atoms with Crippen LogP contribution in [0.1, 0.15) is 37.7 Å². The maximum absolute atomic E-state index is 12.3. The molecule has 0 aromatic heterocycles. The maximum atomic E-state index is 12.3. The summed E-state index contributed by atoms with van der Waals surface area (Å²) in [6.07, 6.45) is 5.50. The lowest BCUT2D eigenvalue weighted by atomic mass is 10.1. The Hall–Kier alpha value is -1.22. The van der Waals surface area contributed by atoms with Gasteiger partial charge >= 0.3 is 6.03 Å². The average Bonchev–Trinajstić information content (AvgIpc) is 3.21. The van der Waals surface area contributed by atoms with Gasteiger partial charge in [0.25, 0.3) is 0 Å². The molecular weight excluding hydrogens is 260 g/mol. The lowest BCUT2D eigenvalue weighted by Gasteiger charge is -2.29. The van der Waals surface area contributed by atoms with Gasteiger partial charge in [-0.1, -0.05) is 23.7 Å². The Balaban J connectivity index is 1.70. The second-order valence-electron chi connectivity index (χ2n) is 5.57. The highest BCUT2D eigenvalue weighted by atomic mass is 35.5. The SMILES string of the molecule is O=C(NC1(c2cccc(Cl)c2)CC1)N1CCCCC1. The van der Waals surface area contributed by atoms with Crippen molar-refractivity contribution in [1.82, 2.24) is 10.2 Å². The van der Waals surface area contributed by atoms with Crippen molar-refractivity contribution in [2.45, 2.75) is 37.6 Å². The minimum Gasteiger partial charge on any atom is -0.328 e. The van der Waals surface area contributed by atoms with Crippen molar-refractivity contribution < 1.29 is 4.79 Å². The fourth-order valence-corrected chi connectivity index (χ4v) is 2.97. The molecule has 1 aromatic rings. The summed E-state index contributed by atoms with van der Waals surface area (Å²) >= 11 is 6.04. The van der Waals surface area contributed by atoms with Gasteiger partial charge in [0.05, 0.1) is 5.54 Å². The van der Waals surface area contributed by atoms with E-state index in [2.05, 4.69) is 11.4 Å². The van der Waals surface area contributed by atoms with Crippen LogP contribution < -0.4 is 5.32 Å². The van der Waals surface area contributed by atoms with Gasteiger partial charge in [-0.25, -0.2) is 4.79 Å². The molecule has 3 rings (SSSR count). The minimum absolute atomic E-state index is 0.0807. The van der Waals surface area contributed by atoms with Gasteiger partial charge < -0.3 is 10.2 Å². The first-order valence-corrected chi connectivity index (χ1v) is 7.41. The number of hydrogen-bond acceptors (Lipinski definition) is 1. The third-order valence-corrected chi connectivity index (χ3v) is 4.35. The Kier molecular flexibility index (Phi) is 3.40. The molecule has 2 fully saturated rings. The molecule has 102 valence electrons. The fraction of sp³-hybridized carbons (Fsp3) is 0.533. The third kappa shape index (κ3) is 2.71. The highest BCUT2D eigenvalue weighted by Gasteiger charge is 2.46. The van der Waals surface area contributed by atoms with E-state index in [0.717, 1.165) is 49.4 Å². The van der Waals surface area contributed by atoms with Crippen molar-refractivity contribution in [1.29, 1.82) is 0 Å². The van der Waals surface area contributed by atoms with Crippen molar-refractivity contribution in [3.8, 4) is 0 Å². The number of nitrogens with one attached hydrogen (secondary N) is 1. The number of nitrogens with zero attached hydrogens (tertiary/aromatic N) is 1. The highest BCUT2D eigenvalue weighted by Crippen LogP contribution is 2.46. The summed E-state index contributed by atoms with van der Waals surface area (Å²) in [5, 5.41) is 3.94. The van der Waals surface area contributed by atoms with Crippen LogP contribution in [0.2, 0.25) is 5.02 Å². The van der Waals surface area contributed by atoms with Gasteiger partial charge in [0, 0.05) is 18.1 Å². The molecule has 2 aliphatic rings. The Labute approximate surface area is 118 Å². The summed E-state index contributed by atoms with van der Waals surface area (Å²) < 4.78 is 0. The van der Waals surface area contributed by atoms with E-state index in [1.54, 1.807) is 0 Å². The van der Waals surface area contributed by atoms with Gasteiger partial charge in [-0.15, -0.1) is 0 Å². The highest BCUT2D eigenvalue weighted by molar-refractivity contribution is 6.30. The number of carbonyl (C=O) groups excluding carboxylic acids is 1. The second-order valence-corrected chi connectivity index (χ2v) is 6.01. The standard InChI is InChI=1S/C15H19ClN2O/c16-13-6-4-5-12(11-13)15(7-8-15)17-14(19)18-9-2-1-3-10-18/h4-6,11H,1-3,7-10H2,(H,17,19). The monoisotopic (exact) mass is 278 g/mol. The van der Waals surface area contributed by atoms with Crippen LogP contribution in [-0.4, -0.2) is 24.0 Å². The number of benzene rings is 1. The van der Waals surface area contributed by atoms with Gasteiger partial charge in [-0.3, -0.25) is 0 Å². The zero-order valence-corrected chi connectivity index (χ0v) is 11.7. The smallest absolute Gasteiger partial charge is 0.318 e. The molecule has 0 unspecified atom stereocenters. The van der Waals surface area contributed by atoms with E-state index in [1.165, 1.54) is 6.42 Å². The van der Waals surface area contributed by atoms with E-state index < -0.39 is 0 Å². The topological polar surface area (TPSA) is 32.3 Å². The fourth-order valence-electron chi connectivity index (χ4n) is 2.78. The summed E-state index contributed by atoms with van der Waals surface area (Å²) in [5.74, 6) is 0. The largest absolute Gasteiger partial charge is 0.328 e. The predicted octanol–water partition coefficient (Wildman–Crippen LogP) is 3.52. The molecule has 2 amide bonds. The number of halogens is 1. The quantitative estimate of drug-likeness (QED) is 0.882. The predicted molar refractivity (Wildman–Crippen MR) is 76.3 cm³/mol. The van der Waals surface area contributed by atoms with Gasteiger partial charge in [0.1, 0.15) is 0 Å². The molecule has 0 bridgehead atoms. The van der Waals surface area contributed by atoms with Crippen molar-refractivity contribution in [3.63, 3.8) is 0 Å². The number of piperidine rings is 1. The second kappa shape index (κ2) is 5.04. The molecule has 1 aromatic carbocycles. The normalized spacial score (nSPS) is 21.0. The van der Waals surface area contributed by atoms with Gasteiger partial charge in [-0.05, 0) is 49.8 Å². The Morgan fingerprint density at radius 3 is 2.58 bits per heavy atom. The third-order valence-electron chi connectivity index (χ3n) is 4.12. The van der Waals surface area contributed by atoms with Crippen molar-refractivity contribution in [2.75, 3.05) is 13.1 Å². The van der Waals surface area contributed by atoms with E-state index in [4.69, 9.17) is 11.6 Å². The number of hydrogen-bond donors (Lipinski definition) is 1. The summed E-state index contributed by atoms with van der Waals surface area (Å²) in [4.78, 5) is 14.2. The van der Waals surface area contributed by atoms with Crippen LogP contribution in [0.15, 0.2) is 24.3 Å². The van der Waals surface area contributed by atoms with Crippen LogP contribution in [0.25, 0.3) is 0 Å². The van der Waals surface area contributed by atoms with Crippen molar-refractivity contribution in [2.24, 2.45) is 0 Å². The first kappa shape index (κ1) is 12.8. The molecule has 4 heteroatoms. The zero-order chi connectivity index (χ0) is 13.3. The first-order valence-electron chi connectivity index (χ1n) is 7.03. The summed E-state index contributed by atoms with van der Waals surface area (Å²) in [6.45, 7) is 1.77. The van der Waals surface area contributed by atoms with Gasteiger partial charge in [0.2, 0.25) is 0 Å². The van der Waals surface area contributed by atoms with Gasteiger partial charge in [0.15, 0.2) is 0 Å². The van der Waals surface area contributed by atoms with Crippen LogP contribution in [0, 0.1) is 0 Å². The molecule has 1 saturated heterocycles. The molecule has 0 atom stereocenters. The average molecular weight is 279 g/mol. The van der Waals surface area contributed by atoms with Crippen LogP contribution in [0.3, 0.4) is 0 Å². The molecular formula is C15H19ClN2O. The zero-order valence-electron chi connectivity index (χ0n) is 11.0. The van der Waals surface area contributed by atoms with E-state index in [9.17, 15) is 4.79 Å². The lowest BCUT2D eigenvalue weighted by Crippen LogP contribution is -2.46. The van der Waals surface area contributed by atoms with Crippen LogP contribution in [0.4, 0.5) is 4.79 Å². The van der Waals surface area contributed by atoms with Crippen LogP contribution in [0.5, 0.6) is 0 Å². The molecule has 1 saturated carbocycles. The van der Waals surface area contributed by atoms with E-state index in [1.807, 2.05) is 23.1 Å². The van der Waals surface area contributed by atoms with Crippen molar-refractivity contribution >= 4 is 17.6 Å². The molecule has 1 aliphatic carbocycles. The molecule has 1 heterocycles. The van der Waals surface area contributed by atoms with Gasteiger partial charge in [-0.2, -0.15) is 0 Å². The van der Waals surface area contributed by atoms with Crippen LogP contribution >= 0.6 is 11.6 Å². The number of likely N-dealkylation sites (tertiary alicyclic amines) is 1. The molecule has 0 spiro atoms. The first-order chi connectivity index (χ1) is 9.20. The number of rotatable bonds is 2. The molecule has 1 N–H and O–H groups in total. The minimum atomic E-state index is -0.167. The van der Waals surface area contributed by atoms with E-state index >= 15 is 0 Å². The van der Waals surface area contributed by atoms with E-state index in [0.29, 0.717) is 0 Å². The Morgan fingerprint density at radius 1 is 1.21 bits per heavy atom. The molecule has 19 heavy (non-hydrogen) atoms. The van der Waals surface area contributed by atoms with E-state index in [-0.39, 0.29) is 11.6 Å². The molecule has 3 nitrogen and oxygen atoms in total. The van der Waals surface area contributed by atoms with Crippen molar-refractivity contribution in [3.05, 3.63) is 34.9 Å².